The summed E-state index contributed by atoms with van der Waals surface area (Å²) in [7, 11) is 0. The Labute approximate surface area is 115 Å². The van der Waals surface area contributed by atoms with Crippen molar-refractivity contribution in [2.75, 3.05) is 11.1 Å². The molecule has 2 aromatic rings. The molecule has 1 aromatic heterocycles. The minimum absolute atomic E-state index is 0.00860. The van der Waals surface area contributed by atoms with Crippen molar-refractivity contribution in [2.24, 2.45) is 0 Å². The van der Waals surface area contributed by atoms with Gasteiger partial charge in [-0.25, -0.2) is 9.37 Å². The number of nitrogens with two attached hydrogens (primary N) is 1. The van der Waals surface area contributed by atoms with E-state index in [2.05, 4.69) is 26.2 Å². The van der Waals surface area contributed by atoms with Gasteiger partial charge >= 0.3 is 0 Å². The summed E-state index contributed by atoms with van der Waals surface area (Å²) in [5, 5.41) is 13.4. The molecule has 8 heteroatoms. The monoisotopic (exact) mass is 326 g/mol. The highest BCUT2D eigenvalue weighted by molar-refractivity contribution is 9.10. The molecule has 3 N–H and O–H groups in total. The molecule has 0 spiro atoms. The van der Waals surface area contributed by atoms with Gasteiger partial charge in [0.1, 0.15) is 17.5 Å². The van der Waals surface area contributed by atoms with Crippen LogP contribution in [0.4, 0.5) is 27.4 Å². The average Bonchev–Trinajstić information content (AvgIpc) is 2.33. The normalized spacial score (nSPS) is 10.2. The fourth-order valence-electron chi connectivity index (χ4n) is 1.43. The lowest BCUT2D eigenvalue weighted by molar-refractivity contribution is -0.384. The minimum Gasteiger partial charge on any atom is -0.383 e. The summed E-state index contributed by atoms with van der Waals surface area (Å²) in [6, 6.07) is 6.71. The number of anilines is 3. The van der Waals surface area contributed by atoms with Crippen LogP contribution in [0.3, 0.4) is 0 Å². The Morgan fingerprint density at radius 3 is 2.74 bits per heavy atom. The van der Waals surface area contributed by atoms with E-state index >= 15 is 0 Å². The van der Waals surface area contributed by atoms with E-state index in [1.54, 1.807) is 6.07 Å². The van der Waals surface area contributed by atoms with E-state index in [1.165, 1.54) is 18.2 Å². The maximum atomic E-state index is 13.3. The fourth-order valence-corrected chi connectivity index (χ4v) is 1.67. The van der Waals surface area contributed by atoms with Gasteiger partial charge in [-0.15, -0.1) is 0 Å². The van der Waals surface area contributed by atoms with E-state index in [-0.39, 0.29) is 17.3 Å². The SMILES string of the molecule is Nc1cc([N+](=O)[O-])cc(Nc2ccc(Br)c(F)c2)n1. The Hall–Kier alpha value is -2.22. The molecule has 1 aromatic carbocycles. The Morgan fingerprint density at radius 2 is 2.11 bits per heavy atom. The second-order valence-corrected chi connectivity index (χ2v) is 4.50. The van der Waals surface area contributed by atoms with Gasteiger partial charge in [0.2, 0.25) is 0 Å². The molecule has 0 bridgehead atoms. The van der Waals surface area contributed by atoms with Crippen LogP contribution in [0.2, 0.25) is 0 Å². The van der Waals surface area contributed by atoms with Gasteiger partial charge in [-0.3, -0.25) is 10.1 Å². The molecule has 19 heavy (non-hydrogen) atoms. The zero-order chi connectivity index (χ0) is 14.0. The molecule has 0 amide bonds. The van der Waals surface area contributed by atoms with Crippen molar-refractivity contribution in [1.29, 1.82) is 0 Å². The second kappa shape index (κ2) is 5.19. The van der Waals surface area contributed by atoms with Crippen LogP contribution in [0, 0.1) is 15.9 Å². The molecule has 0 fully saturated rings. The number of pyridine rings is 1. The molecule has 2 rings (SSSR count). The van der Waals surface area contributed by atoms with Crippen molar-refractivity contribution in [2.45, 2.75) is 0 Å². The van der Waals surface area contributed by atoms with Crippen LogP contribution in [0.15, 0.2) is 34.8 Å². The van der Waals surface area contributed by atoms with Crippen LogP contribution in [-0.2, 0) is 0 Å². The van der Waals surface area contributed by atoms with Crippen molar-refractivity contribution in [1.82, 2.24) is 4.98 Å². The predicted octanol–water partition coefficient (Wildman–Crippen LogP) is 3.22. The van der Waals surface area contributed by atoms with E-state index < -0.39 is 10.7 Å². The summed E-state index contributed by atoms with van der Waals surface area (Å²) in [4.78, 5) is 14.0. The van der Waals surface area contributed by atoms with E-state index in [9.17, 15) is 14.5 Å². The zero-order valence-electron chi connectivity index (χ0n) is 9.43. The highest BCUT2D eigenvalue weighted by Crippen LogP contribution is 2.24. The lowest BCUT2D eigenvalue weighted by Gasteiger charge is -2.07. The third kappa shape index (κ3) is 3.16. The van der Waals surface area contributed by atoms with Gasteiger partial charge in [-0.05, 0) is 34.1 Å². The van der Waals surface area contributed by atoms with Gasteiger partial charge in [0.25, 0.3) is 5.69 Å². The molecule has 6 nitrogen and oxygen atoms in total. The maximum Gasteiger partial charge on any atom is 0.276 e. The van der Waals surface area contributed by atoms with Crippen LogP contribution in [-0.4, -0.2) is 9.91 Å². The third-order valence-corrected chi connectivity index (χ3v) is 2.88. The van der Waals surface area contributed by atoms with Crippen molar-refractivity contribution < 1.29 is 9.31 Å². The molecule has 1 heterocycles. The van der Waals surface area contributed by atoms with Crippen LogP contribution >= 0.6 is 15.9 Å². The number of nitrogen functional groups attached to an aromatic ring is 1. The van der Waals surface area contributed by atoms with Gasteiger partial charge in [0, 0.05) is 5.69 Å². The summed E-state index contributed by atoms with van der Waals surface area (Å²) in [5.74, 6) is -0.272. The molecular formula is C11H8BrFN4O2. The largest absolute Gasteiger partial charge is 0.383 e. The minimum atomic E-state index is -0.578. The van der Waals surface area contributed by atoms with Crippen molar-refractivity contribution in [3.8, 4) is 0 Å². The number of rotatable bonds is 3. The van der Waals surface area contributed by atoms with Crippen molar-refractivity contribution >= 4 is 38.9 Å². The standard InChI is InChI=1S/C11H8BrFN4O2/c12-8-2-1-6(3-9(8)13)15-11-5-7(17(18)19)4-10(14)16-11/h1-5H,(H3,14,15,16). The first-order chi connectivity index (χ1) is 8.95. The molecule has 98 valence electrons. The predicted molar refractivity (Wildman–Crippen MR) is 72.7 cm³/mol. The molecule has 0 aliphatic carbocycles. The van der Waals surface area contributed by atoms with E-state index in [0.29, 0.717) is 10.2 Å². The Kier molecular flexibility index (Phi) is 3.61. The van der Waals surface area contributed by atoms with Crippen LogP contribution < -0.4 is 11.1 Å². The van der Waals surface area contributed by atoms with Crippen LogP contribution in [0.5, 0.6) is 0 Å². The van der Waals surface area contributed by atoms with Crippen molar-refractivity contribution in [3.05, 3.63) is 50.7 Å². The summed E-state index contributed by atoms with van der Waals surface area (Å²) < 4.78 is 13.7. The van der Waals surface area contributed by atoms with Crippen molar-refractivity contribution in [3.63, 3.8) is 0 Å². The lowest BCUT2D eigenvalue weighted by atomic mass is 10.3. The number of aromatic nitrogens is 1. The summed E-state index contributed by atoms with van der Waals surface area (Å²) in [6.07, 6.45) is 0. The molecule has 0 saturated heterocycles. The molecule has 0 unspecified atom stereocenters. The molecule has 0 saturated carbocycles. The average molecular weight is 327 g/mol. The van der Waals surface area contributed by atoms with Gasteiger partial charge in [0.05, 0.1) is 21.5 Å². The quantitative estimate of drug-likeness (QED) is 0.667. The second-order valence-electron chi connectivity index (χ2n) is 3.65. The number of benzene rings is 1. The van der Waals surface area contributed by atoms with Gasteiger partial charge < -0.3 is 11.1 Å². The topological polar surface area (TPSA) is 94.1 Å². The van der Waals surface area contributed by atoms with Gasteiger partial charge in [-0.2, -0.15) is 0 Å². The number of nitrogens with one attached hydrogen (secondary N) is 1. The number of hydrogen-bond acceptors (Lipinski definition) is 5. The zero-order valence-corrected chi connectivity index (χ0v) is 11.0. The van der Waals surface area contributed by atoms with E-state index in [4.69, 9.17) is 5.73 Å². The summed E-state index contributed by atoms with van der Waals surface area (Å²) in [6.45, 7) is 0. The third-order valence-electron chi connectivity index (χ3n) is 2.23. The molecule has 0 aliphatic heterocycles. The Morgan fingerprint density at radius 1 is 1.37 bits per heavy atom. The van der Waals surface area contributed by atoms with Gasteiger partial charge in [0.15, 0.2) is 0 Å². The first kappa shape index (κ1) is 13.2. The Balaban J connectivity index is 2.32. The number of nitro groups is 1. The van der Waals surface area contributed by atoms with Gasteiger partial charge in [-0.1, -0.05) is 0 Å². The number of hydrogen-bond donors (Lipinski definition) is 2. The number of halogens is 2. The first-order valence-corrected chi connectivity index (χ1v) is 5.89. The lowest BCUT2D eigenvalue weighted by Crippen LogP contribution is -2.00. The van der Waals surface area contributed by atoms with E-state index in [0.717, 1.165) is 6.07 Å². The first-order valence-electron chi connectivity index (χ1n) is 5.10. The highest BCUT2D eigenvalue weighted by Gasteiger charge is 2.10. The molecule has 0 atom stereocenters. The summed E-state index contributed by atoms with van der Waals surface area (Å²) >= 11 is 3.03. The van der Waals surface area contributed by atoms with Crippen LogP contribution in [0.25, 0.3) is 0 Å². The molecular weight excluding hydrogens is 319 g/mol. The Bertz CT molecular complexity index is 651. The maximum absolute atomic E-state index is 13.3. The fraction of sp³-hybridized carbons (Fsp3) is 0. The summed E-state index contributed by atoms with van der Waals surface area (Å²) in [5.41, 5.74) is 5.69. The van der Waals surface area contributed by atoms with Crippen LogP contribution in [0.1, 0.15) is 0 Å². The number of nitrogens with zero attached hydrogens (tertiary/aromatic N) is 2. The molecule has 0 radical (unpaired) electrons. The smallest absolute Gasteiger partial charge is 0.276 e. The highest BCUT2D eigenvalue weighted by atomic mass is 79.9. The molecule has 0 aliphatic rings. The van der Waals surface area contributed by atoms with E-state index in [1.807, 2.05) is 0 Å².